The van der Waals surface area contributed by atoms with Gasteiger partial charge in [0.15, 0.2) is 0 Å². The van der Waals surface area contributed by atoms with Crippen LogP contribution in [0.5, 0.6) is 0 Å². The Morgan fingerprint density at radius 3 is 2.92 bits per heavy atom. The van der Waals surface area contributed by atoms with Gasteiger partial charge in [-0.05, 0) is 6.42 Å². The van der Waals surface area contributed by atoms with Crippen molar-refractivity contribution in [3.8, 4) is 0 Å². The zero-order valence-corrected chi connectivity index (χ0v) is 8.16. The van der Waals surface area contributed by atoms with E-state index >= 15 is 0 Å². The predicted octanol–water partition coefficient (Wildman–Crippen LogP) is 1.23. The van der Waals surface area contributed by atoms with Gasteiger partial charge in [-0.2, -0.15) is 0 Å². The molecule has 3 heteroatoms. The largest absolute Gasteiger partial charge is 0.366 e. The molecule has 0 saturated carbocycles. The standard InChI is InChI=1S/C10H16N2O/c1-3-5-12-6-4-8(2)9(7-12)10(11)13/h4,6-8H,3,5H2,1-2H3,(H2,11,13)/t8-/m1/s1. The molecule has 0 radical (unpaired) electrons. The van der Waals surface area contributed by atoms with Crippen LogP contribution in [0.25, 0.3) is 0 Å². The van der Waals surface area contributed by atoms with Gasteiger partial charge in [0.05, 0.1) is 0 Å². The third-order valence-corrected chi connectivity index (χ3v) is 2.13. The summed E-state index contributed by atoms with van der Waals surface area (Å²) in [5.74, 6) is -0.177. The molecule has 1 amide bonds. The number of amides is 1. The zero-order chi connectivity index (χ0) is 9.84. The quantitative estimate of drug-likeness (QED) is 0.710. The first-order valence-corrected chi connectivity index (χ1v) is 4.60. The van der Waals surface area contributed by atoms with Crippen molar-refractivity contribution in [1.82, 2.24) is 4.90 Å². The molecule has 1 rings (SSSR count). The number of hydrogen-bond donors (Lipinski definition) is 1. The number of carbonyl (C=O) groups is 1. The second-order valence-electron chi connectivity index (χ2n) is 3.32. The van der Waals surface area contributed by atoms with E-state index in [1.54, 1.807) is 0 Å². The van der Waals surface area contributed by atoms with E-state index in [9.17, 15) is 4.79 Å². The van der Waals surface area contributed by atoms with Crippen LogP contribution in [0.15, 0.2) is 24.0 Å². The molecule has 1 aliphatic heterocycles. The van der Waals surface area contributed by atoms with E-state index in [0.717, 1.165) is 13.0 Å². The summed E-state index contributed by atoms with van der Waals surface area (Å²) in [6, 6.07) is 0. The lowest BCUT2D eigenvalue weighted by atomic mass is 9.99. The number of carbonyl (C=O) groups excluding carboxylic acids is 1. The minimum absolute atomic E-state index is 0.144. The molecular formula is C10H16N2O. The van der Waals surface area contributed by atoms with Crippen molar-refractivity contribution in [3.05, 3.63) is 24.0 Å². The highest BCUT2D eigenvalue weighted by atomic mass is 16.1. The van der Waals surface area contributed by atoms with Crippen LogP contribution in [0.1, 0.15) is 20.3 Å². The fourth-order valence-electron chi connectivity index (χ4n) is 1.37. The fourth-order valence-corrected chi connectivity index (χ4v) is 1.37. The van der Waals surface area contributed by atoms with E-state index in [4.69, 9.17) is 5.73 Å². The molecule has 0 fully saturated rings. The maximum Gasteiger partial charge on any atom is 0.246 e. The van der Waals surface area contributed by atoms with Gasteiger partial charge in [-0.1, -0.05) is 19.9 Å². The summed E-state index contributed by atoms with van der Waals surface area (Å²) < 4.78 is 0. The van der Waals surface area contributed by atoms with Crippen LogP contribution in [-0.4, -0.2) is 17.4 Å². The third kappa shape index (κ3) is 2.34. The van der Waals surface area contributed by atoms with Gasteiger partial charge in [-0.3, -0.25) is 4.79 Å². The average molecular weight is 180 g/mol. The highest BCUT2D eigenvalue weighted by Crippen LogP contribution is 2.18. The number of hydrogen-bond acceptors (Lipinski definition) is 2. The van der Waals surface area contributed by atoms with Crippen molar-refractivity contribution in [2.75, 3.05) is 6.54 Å². The fraction of sp³-hybridized carbons (Fsp3) is 0.500. The van der Waals surface area contributed by atoms with Crippen molar-refractivity contribution in [2.24, 2.45) is 11.7 Å². The lowest BCUT2D eigenvalue weighted by Crippen LogP contribution is -2.25. The van der Waals surface area contributed by atoms with E-state index in [0.29, 0.717) is 5.57 Å². The monoisotopic (exact) mass is 180 g/mol. The summed E-state index contributed by atoms with van der Waals surface area (Å²) in [7, 11) is 0. The summed E-state index contributed by atoms with van der Waals surface area (Å²) in [6.45, 7) is 5.00. The Morgan fingerprint density at radius 2 is 2.38 bits per heavy atom. The summed E-state index contributed by atoms with van der Waals surface area (Å²) >= 11 is 0. The highest BCUT2D eigenvalue weighted by molar-refractivity contribution is 5.92. The molecule has 13 heavy (non-hydrogen) atoms. The average Bonchev–Trinajstić information content (AvgIpc) is 2.08. The summed E-state index contributed by atoms with van der Waals surface area (Å²) in [6.07, 6.45) is 6.90. The van der Waals surface area contributed by atoms with Gasteiger partial charge in [-0.25, -0.2) is 0 Å². The smallest absolute Gasteiger partial charge is 0.246 e. The van der Waals surface area contributed by atoms with Crippen LogP contribution in [-0.2, 0) is 4.79 Å². The van der Waals surface area contributed by atoms with Gasteiger partial charge < -0.3 is 10.6 Å². The molecule has 0 aliphatic carbocycles. The second kappa shape index (κ2) is 4.12. The maximum atomic E-state index is 11.0. The molecule has 0 aromatic carbocycles. The first-order chi connectivity index (χ1) is 6.15. The molecule has 0 spiro atoms. The summed E-state index contributed by atoms with van der Waals surface area (Å²) in [5.41, 5.74) is 5.94. The predicted molar refractivity (Wildman–Crippen MR) is 52.6 cm³/mol. The van der Waals surface area contributed by atoms with E-state index in [1.807, 2.05) is 30.3 Å². The number of nitrogens with zero attached hydrogens (tertiary/aromatic N) is 1. The lowest BCUT2D eigenvalue weighted by Gasteiger charge is -2.23. The molecule has 0 saturated heterocycles. The second-order valence-corrected chi connectivity index (χ2v) is 3.32. The third-order valence-electron chi connectivity index (χ3n) is 2.13. The van der Waals surface area contributed by atoms with Crippen molar-refractivity contribution in [2.45, 2.75) is 20.3 Å². The topological polar surface area (TPSA) is 46.3 Å². The van der Waals surface area contributed by atoms with Gasteiger partial charge in [0.25, 0.3) is 0 Å². The van der Waals surface area contributed by atoms with Gasteiger partial charge >= 0.3 is 0 Å². The van der Waals surface area contributed by atoms with E-state index in [1.165, 1.54) is 0 Å². The van der Waals surface area contributed by atoms with Crippen LogP contribution in [0, 0.1) is 5.92 Å². The SMILES string of the molecule is CCCN1C=C[C@@H](C)C(C(N)=O)=C1. The van der Waals surface area contributed by atoms with Crippen LogP contribution in [0.4, 0.5) is 0 Å². The van der Waals surface area contributed by atoms with Crippen molar-refractivity contribution in [1.29, 1.82) is 0 Å². The van der Waals surface area contributed by atoms with Crippen molar-refractivity contribution >= 4 is 5.91 Å². The molecule has 0 bridgehead atoms. The Morgan fingerprint density at radius 1 is 1.69 bits per heavy atom. The molecule has 1 heterocycles. The van der Waals surface area contributed by atoms with E-state index in [-0.39, 0.29) is 11.8 Å². The number of nitrogens with two attached hydrogens (primary N) is 1. The lowest BCUT2D eigenvalue weighted by molar-refractivity contribution is -0.115. The van der Waals surface area contributed by atoms with Gasteiger partial charge in [-0.15, -0.1) is 0 Å². The minimum atomic E-state index is -0.321. The van der Waals surface area contributed by atoms with Crippen LogP contribution < -0.4 is 5.73 Å². The van der Waals surface area contributed by atoms with Crippen LogP contribution >= 0.6 is 0 Å². The molecule has 0 unspecified atom stereocenters. The first kappa shape index (κ1) is 9.84. The maximum absolute atomic E-state index is 11.0. The first-order valence-electron chi connectivity index (χ1n) is 4.60. The summed E-state index contributed by atoms with van der Waals surface area (Å²) in [4.78, 5) is 13.0. The normalized spacial score (nSPS) is 21.5. The molecule has 0 aromatic rings. The number of rotatable bonds is 3. The summed E-state index contributed by atoms with van der Waals surface area (Å²) in [5, 5.41) is 0. The van der Waals surface area contributed by atoms with Crippen LogP contribution in [0.3, 0.4) is 0 Å². The molecular weight excluding hydrogens is 164 g/mol. The Balaban J connectivity index is 2.74. The number of primary amides is 1. The highest BCUT2D eigenvalue weighted by Gasteiger charge is 2.16. The molecule has 3 nitrogen and oxygen atoms in total. The van der Waals surface area contributed by atoms with Gasteiger partial charge in [0.1, 0.15) is 0 Å². The van der Waals surface area contributed by atoms with E-state index in [2.05, 4.69) is 6.92 Å². The Bertz CT molecular complexity index is 256. The van der Waals surface area contributed by atoms with Crippen molar-refractivity contribution in [3.63, 3.8) is 0 Å². The van der Waals surface area contributed by atoms with Crippen LogP contribution in [0.2, 0.25) is 0 Å². The molecule has 1 aliphatic rings. The Labute approximate surface area is 78.9 Å². The number of allylic oxidation sites excluding steroid dienone is 1. The Kier molecular flexibility index (Phi) is 3.12. The molecule has 72 valence electrons. The zero-order valence-electron chi connectivity index (χ0n) is 8.16. The molecule has 1 atom stereocenters. The minimum Gasteiger partial charge on any atom is -0.366 e. The van der Waals surface area contributed by atoms with Crippen molar-refractivity contribution < 1.29 is 4.79 Å². The van der Waals surface area contributed by atoms with Gasteiger partial charge in [0.2, 0.25) is 5.91 Å². The van der Waals surface area contributed by atoms with E-state index < -0.39 is 0 Å². The molecule has 2 N–H and O–H groups in total. The van der Waals surface area contributed by atoms with Gasteiger partial charge in [0, 0.05) is 30.4 Å². The Hall–Kier alpha value is -1.25. The molecule has 0 aromatic heterocycles.